The fraction of sp³-hybridized carbons (Fsp3) is 0.160. The van der Waals surface area contributed by atoms with Gasteiger partial charge < -0.3 is 15.0 Å². The Balaban J connectivity index is 1.52. The monoisotopic (exact) mass is 477 g/mol. The maximum atomic E-state index is 12.7. The Morgan fingerprint density at radius 2 is 1.79 bits per heavy atom. The summed E-state index contributed by atoms with van der Waals surface area (Å²) >= 11 is 0. The van der Waals surface area contributed by atoms with Gasteiger partial charge in [0.15, 0.2) is 9.84 Å². The van der Waals surface area contributed by atoms with Crippen molar-refractivity contribution in [2.75, 3.05) is 13.4 Å². The van der Waals surface area contributed by atoms with E-state index in [-0.39, 0.29) is 22.8 Å². The second kappa shape index (κ2) is 9.48. The normalized spacial score (nSPS) is 11.4. The average molecular weight is 478 g/mol. The van der Waals surface area contributed by atoms with Crippen LogP contribution in [0.1, 0.15) is 27.3 Å². The van der Waals surface area contributed by atoms with Crippen molar-refractivity contribution in [3.63, 3.8) is 0 Å². The van der Waals surface area contributed by atoms with E-state index in [1.165, 1.54) is 12.1 Å². The molecule has 0 saturated heterocycles. The SMILES string of the molecule is COc1ccc(CNC(=O)c2ccc3nc(Cc4cccc(S(C)(=O)=O)c4)[nH]c(=O)c3c2)cc1. The van der Waals surface area contributed by atoms with Gasteiger partial charge in [0.1, 0.15) is 11.6 Å². The topological polar surface area (TPSA) is 118 Å². The molecule has 1 aromatic heterocycles. The van der Waals surface area contributed by atoms with E-state index in [4.69, 9.17) is 4.74 Å². The van der Waals surface area contributed by atoms with E-state index >= 15 is 0 Å². The first kappa shape index (κ1) is 23.2. The zero-order valence-electron chi connectivity index (χ0n) is 18.7. The largest absolute Gasteiger partial charge is 0.497 e. The lowest BCUT2D eigenvalue weighted by molar-refractivity contribution is 0.0951. The molecule has 2 N–H and O–H groups in total. The molecule has 9 heteroatoms. The van der Waals surface area contributed by atoms with E-state index in [9.17, 15) is 18.0 Å². The lowest BCUT2D eigenvalue weighted by Gasteiger charge is -2.08. The van der Waals surface area contributed by atoms with Gasteiger partial charge in [-0.1, -0.05) is 24.3 Å². The van der Waals surface area contributed by atoms with Crippen LogP contribution in [0.15, 0.2) is 76.4 Å². The first-order valence-corrected chi connectivity index (χ1v) is 12.3. The summed E-state index contributed by atoms with van der Waals surface area (Å²) in [5.74, 6) is 0.831. The van der Waals surface area contributed by atoms with Crippen LogP contribution in [-0.4, -0.2) is 37.7 Å². The Morgan fingerprint density at radius 1 is 1.03 bits per heavy atom. The van der Waals surface area contributed by atoms with Crippen LogP contribution in [0.5, 0.6) is 5.75 Å². The Bertz CT molecular complexity index is 1530. The van der Waals surface area contributed by atoms with Gasteiger partial charge in [-0.2, -0.15) is 0 Å². The highest BCUT2D eigenvalue weighted by atomic mass is 32.2. The van der Waals surface area contributed by atoms with Gasteiger partial charge in [0, 0.05) is 24.8 Å². The van der Waals surface area contributed by atoms with Gasteiger partial charge in [0.25, 0.3) is 11.5 Å². The number of nitrogens with zero attached hydrogens (tertiary/aromatic N) is 1. The molecular formula is C25H23N3O5S. The molecule has 0 unspecified atom stereocenters. The van der Waals surface area contributed by atoms with Crippen LogP contribution in [0.2, 0.25) is 0 Å². The third-order valence-electron chi connectivity index (χ3n) is 5.33. The van der Waals surface area contributed by atoms with Gasteiger partial charge in [0.2, 0.25) is 0 Å². The van der Waals surface area contributed by atoms with E-state index in [0.717, 1.165) is 17.6 Å². The quantitative estimate of drug-likeness (QED) is 0.423. The number of nitrogens with one attached hydrogen (secondary N) is 2. The van der Waals surface area contributed by atoms with Crippen molar-refractivity contribution in [1.82, 2.24) is 15.3 Å². The summed E-state index contributed by atoms with van der Waals surface area (Å²) in [7, 11) is -1.75. The number of amides is 1. The number of H-pyrrole nitrogens is 1. The molecule has 0 radical (unpaired) electrons. The Labute approximate surface area is 196 Å². The summed E-state index contributed by atoms with van der Waals surface area (Å²) < 4.78 is 28.7. The zero-order valence-corrected chi connectivity index (χ0v) is 19.5. The highest BCUT2D eigenvalue weighted by Crippen LogP contribution is 2.16. The van der Waals surface area contributed by atoms with Crippen molar-refractivity contribution >= 4 is 26.6 Å². The third kappa shape index (κ3) is 5.32. The summed E-state index contributed by atoms with van der Waals surface area (Å²) in [4.78, 5) is 32.7. The molecule has 0 aliphatic heterocycles. The molecule has 0 spiro atoms. The molecule has 1 heterocycles. The highest BCUT2D eigenvalue weighted by molar-refractivity contribution is 7.90. The Hall–Kier alpha value is -3.98. The van der Waals surface area contributed by atoms with Crippen LogP contribution < -0.4 is 15.6 Å². The smallest absolute Gasteiger partial charge is 0.258 e. The number of fused-ring (bicyclic) bond motifs is 1. The van der Waals surface area contributed by atoms with E-state index in [1.807, 2.05) is 24.3 Å². The van der Waals surface area contributed by atoms with E-state index in [1.54, 1.807) is 37.4 Å². The van der Waals surface area contributed by atoms with Crippen LogP contribution in [0, 0.1) is 0 Å². The molecule has 4 rings (SSSR count). The molecule has 0 aliphatic rings. The maximum Gasteiger partial charge on any atom is 0.258 e. The molecule has 3 aromatic carbocycles. The Kier molecular flexibility index (Phi) is 6.47. The number of aromatic nitrogens is 2. The highest BCUT2D eigenvalue weighted by Gasteiger charge is 2.12. The molecule has 0 bridgehead atoms. The molecule has 0 saturated carbocycles. The lowest BCUT2D eigenvalue weighted by atomic mass is 10.1. The van der Waals surface area contributed by atoms with Crippen molar-refractivity contribution in [3.05, 3.63) is 99.6 Å². The molecule has 0 atom stereocenters. The van der Waals surface area contributed by atoms with Crippen molar-refractivity contribution in [2.24, 2.45) is 0 Å². The minimum atomic E-state index is -3.34. The number of rotatable bonds is 7. The molecule has 34 heavy (non-hydrogen) atoms. The number of benzene rings is 3. The van der Waals surface area contributed by atoms with Crippen LogP contribution in [0.25, 0.3) is 10.9 Å². The fourth-order valence-electron chi connectivity index (χ4n) is 3.52. The predicted octanol–water partition coefficient (Wildman–Crippen LogP) is 2.86. The van der Waals surface area contributed by atoms with Gasteiger partial charge in [-0.25, -0.2) is 13.4 Å². The van der Waals surface area contributed by atoms with E-state index in [2.05, 4.69) is 15.3 Å². The van der Waals surface area contributed by atoms with Gasteiger partial charge >= 0.3 is 0 Å². The fourth-order valence-corrected chi connectivity index (χ4v) is 4.21. The number of sulfone groups is 1. The minimum absolute atomic E-state index is 0.207. The van der Waals surface area contributed by atoms with Gasteiger partial charge in [-0.05, 0) is 53.6 Å². The van der Waals surface area contributed by atoms with Crippen molar-refractivity contribution < 1.29 is 17.9 Å². The number of aromatic amines is 1. The number of methoxy groups -OCH3 is 1. The first-order chi connectivity index (χ1) is 16.2. The standard InChI is InChI=1S/C25H23N3O5S/c1-33-19-9-6-16(7-10-19)15-26-24(29)18-8-11-22-21(14-18)25(30)28-23(27-22)13-17-4-3-5-20(12-17)34(2,31)32/h3-12,14H,13,15H2,1-2H3,(H,26,29)(H,27,28,30). The number of hydrogen-bond donors (Lipinski definition) is 2. The first-order valence-electron chi connectivity index (χ1n) is 10.5. The second-order valence-corrected chi connectivity index (χ2v) is 9.89. The van der Waals surface area contributed by atoms with Crippen LogP contribution in [-0.2, 0) is 22.8 Å². The summed E-state index contributed by atoms with van der Waals surface area (Å²) in [6.45, 7) is 0.334. The zero-order chi connectivity index (χ0) is 24.3. The van der Waals surface area contributed by atoms with Crippen LogP contribution in [0.3, 0.4) is 0 Å². The van der Waals surface area contributed by atoms with Crippen LogP contribution in [0.4, 0.5) is 0 Å². The summed E-state index contributed by atoms with van der Waals surface area (Å²) in [6, 6.07) is 18.6. The molecule has 174 valence electrons. The van der Waals surface area contributed by atoms with Crippen molar-refractivity contribution in [1.29, 1.82) is 0 Å². The van der Waals surface area contributed by atoms with Gasteiger partial charge in [-0.15, -0.1) is 0 Å². The number of carbonyl (C=O) groups excluding carboxylic acids is 1. The van der Waals surface area contributed by atoms with Crippen molar-refractivity contribution in [2.45, 2.75) is 17.9 Å². The molecule has 0 fully saturated rings. The summed E-state index contributed by atoms with van der Waals surface area (Å²) in [6.07, 6.45) is 1.41. The number of ether oxygens (including phenoxy) is 1. The van der Waals surface area contributed by atoms with Gasteiger partial charge in [-0.3, -0.25) is 9.59 Å². The molecule has 1 amide bonds. The Morgan fingerprint density at radius 3 is 2.50 bits per heavy atom. The van der Waals surface area contributed by atoms with Gasteiger partial charge in [0.05, 0.1) is 22.9 Å². The number of carbonyl (C=O) groups is 1. The van der Waals surface area contributed by atoms with Crippen molar-refractivity contribution in [3.8, 4) is 5.75 Å². The van der Waals surface area contributed by atoms with Crippen LogP contribution >= 0.6 is 0 Å². The molecule has 8 nitrogen and oxygen atoms in total. The molecule has 4 aromatic rings. The predicted molar refractivity (Wildman–Crippen MR) is 129 cm³/mol. The molecule has 0 aliphatic carbocycles. The summed E-state index contributed by atoms with van der Waals surface area (Å²) in [5, 5.41) is 3.13. The van der Waals surface area contributed by atoms with E-state index in [0.29, 0.717) is 34.4 Å². The minimum Gasteiger partial charge on any atom is -0.497 e. The van der Waals surface area contributed by atoms with E-state index < -0.39 is 9.84 Å². The molecular weight excluding hydrogens is 454 g/mol. The number of hydrogen-bond acceptors (Lipinski definition) is 6. The average Bonchev–Trinajstić information content (AvgIpc) is 2.82. The third-order valence-corrected chi connectivity index (χ3v) is 6.44. The maximum absolute atomic E-state index is 12.7. The second-order valence-electron chi connectivity index (χ2n) is 7.87. The lowest BCUT2D eigenvalue weighted by Crippen LogP contribution is -2.23. The summed E-state index contributed by atoms with van der Waals surface area (Å²) in [5.41, 5.74) is 2.05.